The van der Waals surface area contributed by atoms with Crippen LogP contribution in [0.3, 0.4) is 0 Å². The molecule has 2 nitrogen and oxygen atoms in total. The Morgan fingerprint density at radius 3 is 2.82 bits per heavy atom. The molecule has 17 heavy (non-hydrogen) atoms. The van der Waals surface area contributed by atoms with Crippen LogP contribution in [0.2, 0.25) is 0 Å². The zero-order valence-corrected chi connectivity index (χ0v) is 11.2. The van der Waals surface area contributed by atoms with Gasteiger partial charge < -0.3 is 5.32 Å². The van der Waals surface area contributed by atoms with E-state index in [2.05, 4.69) is 16.8 Å². The third-order valence-electron chi connectivity index (χ3n) is 3.30. The van der Waals surface area contributed by atoms with Crippen LogP contribution in [0.5, 0.6) is 0 Å². The van der Waals surface area contributed by atoms with E-state index in [1.54, 1.807) is 22.7 Å². The monoisotopic (exact) mass is 265 g/mol. The minimum Gasteiger partial charge on any atom is -0.349 e. The molecule has 1 aliphatic carbocycles. The van der Waals surface area contributed by atoms with Crippen molar-refractivity contribution in [3.8, 4) is 0 Å². The minimum atomic E-state index is 0.116. The normalized spacial score (nSPS) is 17.4. The summed E-state index contributed by atoms with van der Waals surface area (Å²) in [7, 11) is 0. The third-order valence-corrected chi connectivity index (χ3v) is 5.40. The van der Waals surface area contributed by atoms with E-state index in [0.29, 0.717) is 6.04 Å². The number of hydrogen-bond donors (Lipinski definition) is 1. The van der Waals surface area contributed by atoms with Gasteiger partial charge in [0.25, 0.3) is 5.91 Å². The first-order valence-corrected chi connectivity index (χ1v) is 7.80. The maximum Gasteiger partial charge on any atom is 0.261 e. The maximum atomic E-state index is 12.1. The van der Waals surface area contributed by atoms with Crippen LogP contribution in [0.1, 0.15) is 41.8 Å². The summed E-state index contributed by atoms with van der Waals surface area (Å²) in [5.74, 6) is 0.116. The smallest absolute Gasteiger partial charge is 0.261 e. The van der Waals surface area contributed by atoms with E-state index in [-0.39, 0.29) is 5.91 Å². The molecule has 90 valence electrons. The average Bonchev–Trinajstić information content (AvgIpc) is 2.90. The molecule has 0 spiro atoms. The standard InChI is InChI=1S/C13H15NOS2/c15-13(14-9-4-2-1-3-5-9)12-8-11-10(17-12)6-7-16-11/h6-9H,1-5H2,(H,14,15). The van der Waals surface area contributed by atoms with E-state index in [1.165, 1.54) is 28.7 Å². The number of carbonyl (C=O) groups excluding carboxylic acids is 1. The highest BCUT2D eigenvalue weighted by Gasteiger charge is 2.18. The number of amides is 1. The Morgan fingerprint density at radius 2 is 2.06 bits per heavy atom. The fourth-order valence-corrected chi connectivity index (χ4v) is 4.39. The number of rotatable bonds is 2. The van der Waals surface area contributed by atoms with E-state index >= 15 is 0 Å². The molecule has 1 fully saturated rings. The van der Waals surface area contributed by atoms with Crippen molar-refractivity contribution in [2.75, 3.05) is 0 Å². The van der Waals surface area contributed by atoms with Crippen molar-refractivity contribution in [3.63, 3.8) is 0 Å². The van der Waals surface area contributed by atoms with Crippen molar-refractivity contribution >= 4 is 38.0 Å². The molecule has 3 rings (SSSR count). The van der Waals surface area contributed by atoms with Gasteiger partial charge in [-0.25, -0.2) is 0 Å². The van der Waals surface area contributed by atoms with Gasteiger partial charge in [-0.1, -0.05) is 19.3 Å². The summed E-state index contributed by atoms with van der Waals surface area (Å²) in [6.07, 6.45) is 6.12. The van der Waals surface area contributed by atoms with E-state index in [4.69, 9.17) is 0 Å². The Bertz CT molecular complexity index is 494. The molecule has 0 aromatic carbocycles. The predicted molar refractivity (Wildman–Crippen MR) is 74.0 cm³/mol. The molecule has 1 aliphatic rings. The summed E-state index contributed by atoms with van der Waals surface area (Å²) in [6, 6.07) is 4.50. The van der Waals surface area contributed by atoms with Gasteiger partial charge in [0.15, 0.2) is 0 Å². The van der Waals surface area contributed by atoms with Crippen LogP contribution in [0, 0.1) is 0 Å². The molecule has 0 saturated heterocycles. The highest BCUT2D eigenvalue weighted by molar-refractivity contribution is 7.27. The van der Waals surface area contributed by atoms with E-state index in [1.807, 2.05) is 6.07 Å². The molecule has 2 aromatic rings. The Hall–Kier alpha value is -0.870. The summed E-state index contributed by atoms with van der Waals surface area (Å²) in [5.41, 5.74) is 0. The highest BCUT2D eigenvalue weighted by atomic mass is 32.1. The van der Waals surface area contributed by atoms with E-state index in [0.717, 1.165) is 17.7 Å². The zero-order chi connectivity index (χ0) is 11.7. The first-order valence-electron chi connectivity index (χ1n) is 6.11. The van der Waals surface area contributed by atoms with Crippen LogP contribution in [0.15, 0.2) is 17.5 Å². The lowest BCUT2D eigenvalue weighted by Crippen LogP contribution is -2.35. The minimum absolute atomic E-state index is 0.116. The quantitative estimate of drug-likeness (QED) is 0.873. The van der Waals surface area contributed by atoms with Crippen molar-refractivity contribution in [2.45, 2.75) is 38.1 Å². The van der Waals surface area contributed by atoms with Crippen molar-refractivity contribution in [1.29, 1.82) is 0 Å². The number of hydrogen-bond acceptors (Lipinski definition) is 3. The maximum absolute atomic E-state index is 12.1. The van der Waals surface area contributed by atoms with Crippen molar-refractivity contribution in [2.24, 2.45) is 0 Å². The van der Waals surface area contributed by atoms with Crippen LogP contribution in [-0.4, -0.2) is 11.9 Å². The fraction of sp³-hybridized carbons (Fsp3) is 0.462. The first-order chi connectivity index (χ1) is 8.33. The predicted octanol–water partition coefficient (Wildman–Crippen LogP) is 4.03. The molecule has 1 amide bonds. The Labute approximate surface area is 109 Å². The van der Waals surface area contributed by atoms with Gasteiger partial charge >= 0.3 is 0 Å². The summed E-state index contributed by atoms with van der Waals surface area (Å²) < 4.78 is 2.45. The molecule has 2 heterocycles. The van der Waals surface area contributed by atoms with Gasteiger partial charge in [-0.2, -0.15) is 0 Å². The van der Waals surface area contributed by atoms with Gasteiger partial charge in [-0.05, 0) is 30.4 Å². The van der Waals surface area contributed by atoms with Gasteiger partial charge in [-0.3, -0.25) is 4.79 Å². The highest BCUT2D eigenvalue weighted by Crippen LogP contribution is 2.30. The third kappa shape index (κ3) is 2.38. The number of carbonyl (C=O) groups is 1. The first kappa shape index (κ1) is 11.2. The molecule has 0 bridgehead atoms. The van der Waals surface area contributed by atoms with Gasteiger partial charge in [0.2, 0.25) is 0 Å². The molecule has 0 unspecified atom stereocenters. The van der Waals surface area contributed by atoms with Crippen LogP contribution in [0.25, 0.3) is 9.40 Å². The largest absolute Gasteiger partial charge is 0.349 e. The summed E-state index contributed by atoms with van der Waals surface area (Å²) in [6.45, 7) is 0. The van der Waals surface area contributed by atoms with Crippen molar-refractivity contribution in [3.05, 3.63) is 22.4 Å². The Kier molecular flexibility index (Phi) is 3.16. The molecule has 1 N–H and O–H groups in total. The van der Waals surface area contributed by atoms with Crippen molar-refractivity contribution in [1.82, 2.24) is 5.32 Å². The summed E-state index contributed by atoms with van der Waals surface area (Å²) >= 11 is 3.30. The molecular weight excluding hydrogens is 250 g/mol. The second kappa shape index (κ2) is 4.78. The lowest BCUT2D eigenvalue weighted by Gasteiger charge is -2.22. The molecule has 2 aromatic heterocycles. The number of nitrogens with one attached hydrogen (secondary N) is 1. The van der Waals surface area contributed by atoms with Crippen LogP contribution < -0.4 is 5.32 Å². The second-order valence-corrected chi connectivity index (χ2v) is 6.60. The SMILES string of the molecule is O=C(NC1CCCCC1)c1cc2sccc2s1. The van der Waals surface area contributed by atoms with Gasteiger partial charge in [0.1, 0.15) is 0 Å². The Morgan fingerprint density at radius 1 is 1.24 bits per heavy atom. The van der Waals surface area contributed by atoms with Crippen molar-refractivity contribution < 1.29 is 4.79 Å². The zero-order valence-electron chi connectivity index (χ0n) is 9.57. The molecule has 0 atom stereocenters. The van der Waals surface area contributed by atoms with Gasteiger partial charge in [0.05, 0.1) is 4.88 Å². The Balaban J connectivity index is 1.71. The van der Waals surface area contributed by atoms with Gasteiger partial charge in [0, 0.05) is 15.4 Å². The second-order valence-electron chi connectivity index (χ2n) is 4.57. The summed E-state index contributed by atoms with van der Waals surface area (Å²) in [4.78, 5) is 12.9. The number of fused-ring (bicyclic) bond motifs is 1. The van der Waals surface area contributed by atoms with Gasteiger partial charge in [-0.15, -0.1) is 22.7 Å². The molecular formula is C13H15NOS2. The van der Waals surface area contributed by atoms with Crippen LogP contribution in [0.4, 0.5) is 0 Å². The lowest BCUT2D eigenvalue weighted by atomic mass is 9.95. The molecule has 4 heteroatoms. The molecule has 0 aliphatic heterocycles. The average molecular weight is 265 g/mol. The fourth-order valence-electron chi connectivity index (χ4n) is 2.38. The number of thiophene rings is 2. The lowest BCUT2D eigenvalue weighted by molar-refractivity contribution is 0.0932. The molecule has 0 radical (unpaired) electrons. The van der Waals surface area contributed by atoms with Crippen LogP contribution >= 0.6 is 22.7 Å². The topological polar surface area (TPSA) is 29.1 Å². The van der Waals surface area contributed by atoms with E-state index < -0.39 is 0 Å². The summed E-state index contributed by atoms with van der Waals surface area (Å²) in [5, 5.41) is 5.24. The molecule has 1 saturated carbocycles. The van der Waals surface area contributed by atoms with E-state index in [9.17, 15) is 4.79 Å². The van der Waals surface area contributed by atoms with Crippen LogP contribution in [-0.2, 0) is 0 Å².